The van der Waals surface area contributed by atoms with Crippen molar-refractivity contribution in [2.24, 2.45) is 0 Å². The molecule has 3 aromatic rings. The van der Waals surface area contributed by atoms with Crippen LogP contribution in [-0.2, 0) is 6.54 Å². The van der Waals surface area contributed by atoms with E-state index in [1.54, 1.807) is 23.6 Å². The zero-order chi connectivity index (χ0) is 21.0. The van der Waals surface area contributed by atoms with Crippen molar-refractivity contribution in [3.05, 3.63) is 53.1 Å². The quantitative estimate of drug-likeness (QED) is 0.599. The highest BCUT2D eigenvalue weighted by Gasteiger charge is 2.24. The van der Waals surface area contributed by atoms with Crippen LogP contribution in [0.4, 0.5) is 10.8 Å². The first-order valence-electron chi connectivity index (χ1n) is 11.1. The van der Waals surface area contributed by atoms with Gasteiger partial charge in [-0.3, -0.25) is 9.58 Å². The van der Waals surface area contributed by atoms with Gasteiger partial charge in [-0.25, -0.2) is 9.97 Å². The average Bonchev–Trinajstić information content (AvgIpc) is 3.57. The second-order valence-electron chi connectivity index (χ2n) is 8.56. The first-order chi connectivity index (χ1) is 15.3. The fourth-order valence-electron chi connectivity index (χ4n) is 4.66. The fourth-order valence-corrected chi connectivity index (χ4v) is 5.47. The molecule has 1 aliphatic carbocycles. The van der Waals surface area contributed by atoms with Crippen molar-refractivity contribution in [3.8, 4) is 6.07 Å². The Labute approximate surface area is 186 Å². The van der Waals surface area contributed by atoms with Gasteiger partial charge in [-0.05, 0) is 50.9 Å². The summed E-state index contributed by atoms with van der Waals surface area (Å²) >= 11 is 1.63. The fraction of sp³-hybridized carbons (Fsp3) is 0.478. The number of anilines is 2. The Morgan fingerprint density at radius 3 is 2.71 bits per heavy atom. The Balaban J connectivity index is 1.12. The van der Waals surface area contributed by atoms with Crippen molar-refractivity contribution in [1.29, 1.82) is 5.26 Å². The van der Waals surface area contributed by atoms with Gasteiger partial charge in [0.1, 0.15) is 11.8 Å². The van der Waals surface area contributed by atoms with E-state index in [0.717, 1.165) is 43.3 Å². The Hall–Kier alpha value is -2.76. The van der Waals surface area contributed by atoms with Gasteiger partial charge in [0.2, 0.25) is 0 Å². The molecule has 0 amide bonds. The van der Waals surface area contributed by atoms with E-state index in [-0.39, 0.29) is 0 Å². The Bertz CT molecular complexity index is 1030. The first-order valence-corrected chi connectivity index (χ1v) is 12.0. The van der Waals surface area contributed by atoms with Gasteiger partial charge in [-0.15, -0.1) is 11.3 Å². The van der Waals surface area contributed by atoms with E-state index in [9.17, 15) is 0 Å². The van der Waals surface area contributed by atoms with Crippen LogP contribution in [0.15, 0.2) is 36.1 Å². The minimum Gasteiger partial charge on any atom is -0.330 e. The van der Waals surface area contributed by atoms with Crippen LogP contribution < -0.4 is 5.32 Å². The van der Waals surface area contributed by atoms with Crippen molar-refractivity contribution < 1.29 is 0 Å². The summed E-state index contributed by atoms with van der Waals surface area (Å²) in [4.78, 5) is 11.5. The highest BCUT2D eigenvalue weighted by molar-refractivity contribution is 7.13. The number of hydrogen-bond acceptors (Lipinski definition) is 7. The lowest BCUT2D eigenvalue weighted by Crippen LogP contribution is -2.32. The van der Waals surface area contributed by atoms with Gasteiger partial charge in [0, 0.05) is 29.6 Å². The maximum absolute atomic E-state index is 8.86. The van der Waals surface area contributed by atoms with Gasteiger partial charge in [-0.2, -0.15) is 10.4 Å². The Morgan fingerprint density at radius 1 is 1.13 bits per heavy atom. The van der Waals surface area contributed by atoms with Crippen LogP contribution in [0.25, 0.3) is 0 Å². The molecule has 1 saturated heterocycles. The molecule has 2 fully saturated rings. The van der Waals surface area contributed by atoms with Crippen LogP contribution in [0.1, 0.15) is 67.4 Å². The molecule has 0 atom stereocenters. The molecule has 0 radical (unpaired) electrons. The number of nitrogens with one attached hydrogen (secondary N) is 1. The summed E-state index contributed by atoms with van der Waals surface area (Å²) in [6.45, 7) is 3.19. The molecular weight excluding hydrogens is 406 g/mol. The predicted octanol–water partition coefficient (Wildman–Crippen LogP) is 4.84. The maximum Gasteiger partial charge on any atom is 0.187 e. The van der Waals surface area contributed by atoms with Crippen LogP contribution in [0, 0.1) is 11.3 Å². The van der Waals surface area contributed by atoms with Crippen molar-refractivity contribution >= 4 is 22.2 Å². The number of pyridine rings is 1. The second kappa shape index (κ2) is 9.16. The largest absolute Gasteiger partial charge is 0.330 e. The zero-order valence-electron chi connectivity index (χ0n) is 17.6. The summed E-state index contributed by atoms with van der Waals surface area (Å²) in [5.74, 6) is 0.517. The van der Waals surface area contributed by atoms with Gasteiger partial charge in [0.15, 0.2) is 5.13 Å². The average molecular weight is 434 g/mol. The number of rotatable bonds is 6. The van der Waals surface area contributed by atoms with Gasteiger partial charge in [0.05, 0.1) is 29.8 Å². The third-order valence-corrected chi connectivity index (χ3v) is 7.19. The van der Waals surface area contributed by atoms with E-state index in [2.05, 4.69) is 42.8 Å². The minimum atomic E-state index is 0.419. The summed E-state index contributed by atoms with van der Waals surface area (Å²) in [5, 5.41) is 19.8. The van der Waals surface area contributed by atoms with E-state index in [4.69, 9.17) is 10.2 Å². The summed E-state index contributed by atoms with van der Waals surface area (Å²) in [6.07, 6.45) is 13.5. The molecular formula is C23H27N7S. The van der Waals surface area contributed by atoms with Crippen molar-refractivity contribution in [2.45, 2.75) is 57.0 Å². The molecule has 3 aromatic heterocycles. The lowest BCUT2D eigenvalue weighted by molar-refractivity contribution is 0.203. The van der Waals surface area contributed by atoms with E-state index >= 15 is 0 Å². The number of likely N-dealkylation sites (tertiary alicyclic amines) is 1. The van der Waals surface area contributed by atoms with Crippen LogP contribution in [0.5, 0.6) is 0 Å². The van der Waals surface area contributed by atoms with Crippen LogP contribution >= 0.6 is 11.3 Å². The van der Waals surface area contributed by atoms with Gasteiger partial charge in [-0.1, -0.05) is 12.8 Å². The lowest BCUT2D eigenvalue weighted by Gasteiger charge is -2.30. The van der Waals surface area contributed by atoms with Crippen molar-refractivity contribution in [1.82, 2.24) is 24.6 Å². The number of piperidine rings is 1. The molecule has 160 valence electrons. The Morgan fingerprint density at radius 2 is 1.97 bits per heavy atom. The zero-order valence-corrected chi connectivity index (χ0v) is 18.4. The van der Waals surface area contributed by atoms with E-state index in [1.165, 1.54) is 36.9 Å². The van der Waals surface area contributed by atoms with Crippen molar-refractivity contribution in [2.75, 3.05) is 18.4 Å². The van der Waals surface area contributed by atoms with Gasteiger partial charge in [0.25, 0.3) is 0 Å². The predicted molar refractivity (Wildman–Crippen MR) is 121 cm³/mol. The first kappa shape index (κ1) is 20.2. The monoisotopic (exact) mass is 433 g/mol. The van der Waals surface area contributed by atoms with E-state index in [0.29, 0.717) is 17.7 Å². The molecule has 8 heteroatoms. The number of thiazole rings is 1. The van der Waals surface area contributed by atoms with Crippen molar-refractivity contribution in [3.63, 3.8) is 0 Å². The Kier molecular flexibility index (Phi) is 5.96. The SMILES string of the molecule is N#Cc1ccc(Nc2nc(C3CCN(Cc4cnn(C5CCCC5)c4)CC3)cs2)cn1. The van der Waals surface area contributed by atoms with Crippen LogP contribution in [0.2, 0.25) is 0 Å². The minimum absolute atomic E-state index is 0.419. The number of aromatic nitrogens is 4. The number of hydrogen-bond donors (Lipinski definition) is 1. The molecule has 4 heterocycles. The molecule has 1 N–H and O–H groups in total. The normalized spacial score (nSPS) is 18.3. The van der Waals surface area contributed by atoms with E-state index < -0.39 is 0 Å². The van der Waals surface area contributed by atoms with Gasteiger partial charge < -0.3 is 5.32 Å². The third-order valence-electron chi connectivity index (χ3n) is 6.42. The highest BCUT2D eigenvalue weighted by Crippen LogP contribution is 2.32. The smallest absolute Gasteiger partial charge is 0.187 e. The highest BCUT2D eigenvalue weighted by atomic mass is 32.1. The van der Waals surface area contributed by atoms with Crippen LogP contribution in [0.3, 0.4) is 0 Å². The van der Waals surface area contributed by atoms with E-state index in [1.807, 2.05) is 12.1 Å². The topological polar surface area (TPSA) is 82.7 Å². The second-order valence-corrected chi connectivity index (χ2v) is 9.42. The molecule has 1 saturated carbocycles. The summed E-state index contributed by atoms with van der Waals surface area (Å²) in [5.41, 5.74) is 3.79. The summed E-state index contributed by atoms with van der Waals surface area (Å²) in [7, 11) is 0. The number of nitrogens with zero attached hydrogens (tertiary/aromatic N) is 6. The molecule has 7 nitrogen and oxygen atoms in total. The van der Waals surface area contributed by atoms with Crippen LogP contribution in [-0.4, -0.2) is 37.7 Å². The summed E-state index contributed by atoms with van der Waals surface area (Å²) < 4.78 is 2.20. The molecule has 0 unspecified atom stereocenters. The molecule has 0 aromatic carbocycles. The lowest BCUT2D eigenvalue weighted by atomic mass is 9.94. The maximum atomic E-state index is 8.86. The standard InChI is InChI=1S/C23H27N7S/c24-11-19-5-6-20(13-25-19)27-23-28-22(16-31-23)18-7-9-29(10-8-18)14-17-12-26-30(15-17)21-3-1-2-4-21/h5-6,12-13,15-16,18,21H,1-4,7-10,14H2,(H,27,28). The summed E-state index contributed by atoms with van der Waals surface area (Å²) in [6, 6.07) is 6.23. The third kappa shape index (κ3) is 4.78. The molecule has 2 aliphatic rings. The molecule has 5 rings (SSSR count). The molecule has 31 heavy (non-hydrogen) atoms. The molecule has 0 spiro atoms. The molecule has 0 bridgehead atoms. The number of nitriles is 1. The molecule has 1 aliphatic heterocycles. The van der Waals surface area contributed by atoms with Gasteiger partial charge >= 0.3 is 0 Å².